The van der Waals surface area contributed by atoms with E-state index in [1.807, 2.05) is 6.92 Å². The van der Waals surface area contributed by atoms with Crippen molar-refractivity contribution >= 4 is 0 Å². The average molecular weight is 503 g/mol. The fourth-order valence-electron chi connectivity index (χ4n) is 9.01. The minimum atomic E-state index is -4.54. The summed E-state index contributed by atoms with van der Waals surface area (Å²) in [4.78, 5) is 0. The quantitative estimate of drug-likeness (QED) is 0.424. The molecule has 1 heterocycles. The summed E-state index contributed by atoms with van der Waals surface area (Å²) < 4.78 is 46.4. The van der Waals surface area contributed by atoms with Crippen LogP contribution in [-0.2, 0) is 4.74 Å². The summed E-state index contributed by atoms with van der Waals surface area (Å²) in [6.07, 6.45) is 6.39. The van der Waals surface area contributed by atoms with E-state index in [1.165, 1.54) is 19.3 Å². The molecule has 204 valence electrons. The molecule has 3 nitrogen and oxygen atoms in total. The first-order chi connectivity index (χ1) is 16.4. The molecule has 0 aromatic rings. The Morgan fingerprint density at radius 2 is 1.66 bits per heavy atom. The molecule has 4 rings (SSSR count). The second-order valence-corrected chi connectivity index (χ2v) is 13.4. The van der Waals surface area contributed by atoms with Crippen LogP contribution in [0.15, 0.2) is 0 Å². The van der Waals surface area contributed by atoms with Crippen LogP contribution in [-0.4, -0.2) is 40.8 Å². The van der Waals surface area contributed by atoms with Crippen molar-refractivity contribution < 1.29 is 28.1 Å². The monoisotopic (exact) mass is 502 g/mol. The molecule has 0 unspecified atom stereocenters. The molecular weight excluding hydrogens is 453 g/mol. The maximum atomic E-state index is 13.7. The van der Waals surface area contributed by atoms with Gasteiger partial charge in [0.25, 0.3) is 0 Å². The van der Waals surface area contributed by atoms with E-state index in [1.54, 1.807) is 0 Å². The molecule has 6 heteroatoms. The van der Waals surface area contributed by atoms with E-state index in [2.05, 4.69) is 13.8 Å². The second-order valence-electron chi connectivity index (χ2n) is 13.4. The number of rotatable bonds is 4. The number of fused-ring (bicyclic) bond motifs is 3. The molecule has 3 saturated carbocycles. The van der Waals surface area contributed by atoms with Crippen LogP contribution in [0.4, 0.5) is 13.2 Å². The van der Waals surface area contributed by atoms with E-state index in [-0.39, 0.29) is 18.8 Å². The van der Waals surface area contributed by atoms with Gasteiger partial charge in [0, 0.05) is 13.2 Å². The van der Waals surface area contributed by atoms with Crippen LogP contribution in [0.1, 0.15) is 111 Å². The van der Waals surface area contributed by atoms with E-state index in [9.17, 15) is 23.4 Å². The van der Waals surface area contributed by atoms with Crippen molar-refractivity contribution in [2.45, 2.75) is 128 Å². The van der Waals surface area contributed by atoms with E-state index in [0.29, 0.717) is 54.6 Å². The van der Waals surface area contributed by atoms with Gasteiger partial charge in [-0.1, -0.05) is 33.6 Å². The molecule has 1 aliphatic heterocycles. The maximum Gasteiger partial charge on any atom is 0.417 e. The molecule has 0 amide bonds. The van der Waals surface area contributed by atoms with Crippen molar-refractivity contribution in [1.29, 1.82) is 0 Å². The second kappa shape index (κ2) is 10.4. The SMILES string of the molecule is C[C@H]1CC[C@@H]2[C@@H](CCC[C@@](O)(C(F)(F)F)C1)CC[C@]1(C)[C@@H]([C@H](C)CCC3(O)CCOCC3)CC[C@@H]21. The van der Waals surface area contributed by atoms with Gasteiger partial charge in [-0.05, 0) is 118 Å². The standard InChI is InChI=1S/C29H49F3O3/c1-20-6-7-23-22(5-4-12-28(34,19-20)29(30,31)32)11-13-26(3)24(8-9-25(23)26)21(2)10-14-27(33)15-17-35-18-16-27/h20-25,33-34H,4-19H2,1-3H3/t20-,21+,22-,23+,24+,25-,26+,28-/m0/s1. The van der Waals surface area contributed by atoms with Crippen molar-refractivity contribution in [3.05, 3.63) is 0 Å². The van der Waals surface area contributed by atoms with Crippen LogP contribution in [0, 0.1) is 40.9 Å². The fraction of sp³-hybridized carbons (Fsp3) is 1.00. The fourth-order valence-corrected chi connectivity index (χ4v) is 9.01. The lowest BCUT2D eigenvalue weighted by molar-refractivity contribution is -0.269. The van der Waals surface area contributed by atoms with Crippen molar-refractivity contribution in [2.24, 2.45) is 40.9 Å². The van der Waals surface area contributed by atoms with Crippen molar-refractivity contribution in [2.75, 3.05) is 13.2 Å². The Labute approximate surface area is 210 Å². The lowest BCUT2D eigenvalue weighted by Crippen LogP contribution is -2.47. The van der Waals surface area contributed by atoms with Crippen LogP contribution < -0.4 is 0 Å². The van der Waals surface area contributed by atoms with Gasteiger partial charge in [-0.2, -0.15) is 13.2 Å². The highest BCUT2D eigenvalue weighted by atomic mass is 19.4. The molecule has 2 N–H and O–H groups in total. The molecule has 0 bridgehead atoms. The van der Waals surface area contributed by atoms with E-state index in [4.69, 9.17) is 4.74 Å². The van der Waals surface area contributed by atoms with Gasteiger partial charge in [-0.15, -0.1) is 0 Å². The lowest BCUT2D eigenvalue weighted by Gasteiger charge is -2.51. The maximum absolute atomic E-state index is 13.7. The van der Waals surface area contributed by atoms with Gasteiger partial charge in [0.2, 0.25) is 0 Å². The van der Waals surface area contributed by atoms with Gasteiger partial charge in [0.05, 0.1) is 5.60 Å². The third kappa shape index (κ3) is 5.74. The summed E-state index contributed by atoms with van der Waals surface area (Å²) in [6.45, 7) is 8.12. The normalized spacial score (nSPS) is 43.7. The van der Waals surface area contributed by atoms with Crippen LogP contribution >= 0.6 is 0 Å². The summed E-state index contributed by atoms with van der Waals surface area (Å²) in [6, 6.07) is 0. The smallest absolute Gasteiger partial charge is 0.390 e. The predicted octanol–water partition coefficient (Wildman–Crippen LogP) is 7.29. The Bertz CT molecular complexity index is 706. The minimum absolute atomic E-state index is 0.120. The van der Waals surface area contributed by atoms with E-state index in [0.717, 1.165) is 51.4 Å². The number of ether oxygens (including phenoxy) is 1. The first-order valence-electron chi connectivity index (χ1n) is 14.5. The van der Waals surface area contributed by atoms with Gasteiger partial charge in [-0.3, -0.25) is 0 Å². The number of aliphatic hydroxyl groups is 2. The van der Waals surface area contributed by atoms with Gasteiger partial charge < -0.3 is 14.9 Å². The highest BCUT2D eigenvalue weighted by Crippen LogP contribution is 2.63. The molecule has 0 radical (unpaired) electrons. The molecule has 0 aromatic heterocycles. The molecule has 0 aromatic carbocycles. The molecule has 35 heavy (non-hydrogen) atoms. The zero-order valence-corrected chi connectivity index (χ0v) is 22.2. The first kappa shape index (κ1) is 27.7. The van der Waals surface area contributed by atoms with Crippen molar-refractivity contribution in [1.82, 2.24) is 0 Å². The zero-order valence-electron chi connectivity index (χ0n) is 22.2. The Balaban J connectivity index is 1.42. The molecular formula is C29H49F3O3. The average Bonchev–Trinajstić information content (AvgIpc) is 3.13. The largest absolute Gasteiger partial charge is 0.417 e. The number of hydrogen-bond donors (Lipinski definition) is 2. The van der Waals surface area contributed by atoms with Crippen molar-refractivity contribution in [3.63, 3.8) is 0 Å². The molecule has 0 spiro atoms. The van der Waals surface area contributed by atoms with Gasteiger partial charge >= 0.3 is 6.18 Å². The molecule has 4 aliphatic rings. The van der Waals surface area contributed by atoms with Gasteiger partial charge in [0.1, 0.15) is 0 Å². The summed E-state index contributed by atoms with van der Waals surface area (Å²) in [7, 11) is 0. The van der Waals surface area contributed by atoms with Crippen LogP contribution in [0.2, 0.25) is 0 Å². The Morgan fingerprint density at radius 1 is 0.943 bits per heavy atom. The van der Waals surface area contributed by atoms with Gasteiger partial charge in [-0.25, -0.2) is 0 Å². The Kier molecular flexibility index (Phi) is 8.26. The molecule has 8 atom stereocenters. The lowest BCUT2D eigenvalue weighted by atomic mass is 9.54. The third-order valence-corrected chi connectivity index (χ3v) is 11.2. The number of hydrogen-bond acceptors (Lipinski definition) is 3. The van der Waals surface area contributed by atoms with Crippen LogP contribution in [0.3, 0.4) is 0 Å². The molecule has 4 fully saturated rings. The highest BCUT2D eigenvalue weighted by Gasteiger charge is 2.56. The predicted molar refractivity (Wildman–Crippen MR) is 132 cm³/mol. The topological polar surface area (TPSA) is 49.7 Å². The van der Waals surface area contributed by atoms with E-state index < -0.39 is 17.4 Å². The number of alkyl halides is 3. The molecule has 1 saturated heterocycles. The first-order valence-corrected chi connectivity index (χ1v) is 14.5. The number of halogens is 3. The Morgan fingerprint density at radius 3 is 2.34 bits per heavy atom. The summed E-state index contributed by atoms with van der Waals surface area (Å²) in [5.41, 5.74) is -2.78. The third-order valence-electron chi connectivity index (χ3n) is 11.2. The summed E-state index contributed by atoms with van der Waals surface area (Å²) >= 11 is 0. The Hall–Kier alpha value is -0.330. The van der Waals surface area contributed by atoms with E-state index >= 15 is 0 Å². The van der Waals surface area contributed by atoms with Gasteiger partial charge in [0.15, 0.2) is 5.60 Å². The van der Waals surface area contributed by atoms with Crippen LogP contribution in [0.25, 0.3) is 0 Å². The summed E-state index contributed by atoms with van der Waals surface area (Å²) in [5, 5.41) is 21.5. The molecule has 3 aliphatic carbocycles. The summed E-state index contributed by atoms with van der Waals surface area (Å²) in [5.74, 6) is 2.88. The van der Waals surface area contributed by atoms with Crippen molar-refractivity contribution in [3.8, 4) is 0 Å². The zero-order chi connectivity index (χ0) is 25.5. The van der Waals surface area contributed by atoms with Crippen LogP contribution in [0.5, 0.6) is 0 Å². The highest BCUT2D eigenvalue weighted by molar-refractivity contribution is 5.04. The minimum Gasteiger partial charge on any atom is -0.390 e.